The van der Waals surface area contributed by atoms with Crippen LogP contribution in [0.4, 0.5) is 4.79 Å². The fourth-order valence-electron chi connectivity index (χ4n) is 4.01. The van der Waals surface area contributed by atoms with Crippen LogP contribution in [0.1, 0.15) is 12.8 Å². The molecule has 1 unspecified atom stereocenters. The van der Waals surface area contributed by atoms with E-state index in [4.69, 9.17) is 21.4 Å². The minimum Gasteiger partial charge on any atom is -0.490 e. The normalized spacial score (nSPS) is 26.5. The average Bonchev–Trinajstić information content (AvgIpc) is 3.09. The Hall–Kier alpha value is -1.94. The Morgan fingerprint density at radius 1 is 1.09 bits per heavy atom. The molecule has 1 N–H and O–H groups in total. The van der Waals surface area contributed by atoms with E-state index in [1.165, 1.54) is 4.90 Å². The van der Waals surface area contributed by atoms with Crippen LogP contribution in [0.3, 0.4) is 0 Å². The van der Waals surface area contributed by atoms with Crippen LogP contribution >= 0.6 is 11.6 Å². The molecule has 4 nitrogen and oxygen atoms in total. The molecule has 2 aromatic rings. The Morgan fingerprint density at radius 3 is 2.39 bits per heavy atom. The lowest BCUT2D eigenvalue weighted by molar-refractivity contribution is 0.144. The number of fused-ring (bicyclic) bond motifs is 2. The molecule has 23 heavy (non-hydrogen) atoms. The van der Waals surface area contributed by atoms with Crippen LogP contribution in [0, 0.1) is 11.8 Å². The van der Waals surface area contributed by atoms with Crippen molar-refractivity contribution in [3.05, 3.63) is 41.4 Å². The van der Waals surface area contributed by atoms with Gasteiger partial charge in [-0.1, -0.05) is 35.9 Å². The van der Waals surface area contributed by atoms with Gasteiger partial charge in [-0.05, 0) is 36.8 Å². The first-order valence-electron chi connectivity index (χ1n) is 7.93. The van der Waals surface area contributed by atoms with Crippen LogP contribution in [0.25, 0.3) is 10.8 Å². The number of nitrogens with zero attached hydrogens (tertiary/aromatic N) is 1. The molecule has 2 aromatic carbocycles. The number of carboxylic acid groups (broad SMARTS) is 1. The maximum absolute atomic E-state index is 11.1. The van der Waals surface area contributed by atoms with Crippen LogP contribution in [0.2, 0.25) is 5.02 Å². The van der Waals surface area contributed by atoms with Crippen LogP contribution in [-0.4, -0.2) is 35.3 Å². The van der Waals surface area contributed by atoms with E-state index in [-0.39, 0.29) is 6.10 Å². The Labute approximate surface area is 139 Å². The van der Waals surface area contributed by atoms with Gasteiger partial charge >= 0.3 is 6.09 Å². The van der Waals surface area contributed by atoms with Gasteiger partial charge in [0.05, 0.1) is 6.10 Å². The number of likely N-dealkylation sites (tertiary alicyclic amines) is 1. The predicted molar refractivity (Wildman–Crippen MR) is 89.2 cm³/mol. The SMILES string of the molecule is O=C(O)N1C[C@H]2CC(Oc3ccc(Cl)c4ccccc34)C[C@H]2C1. The van der Waals surface area contributed by atoms with Gasteiger partial charge in [-0.3, -0.25) is 0 Å². The Bertz CT molecular complexity index is 749. The lowest BCUT2D eigenvalue weighted by atomic mass is 10.0. The van der Waals surface area contributed by atoms with Gasteiger partial charge in [0.2, 0.25) is 0 Å². The van der Waals surface area contributed by atoms with Crippen LogP contribution in [0.15, 0.2) is 36.4 Å². The van der Waals surface area contributed by atoms with E-state index in [1.807, 2.05) is 36.4 Å². The molecule has 1 saturated heterocycles. The summed E-state index contributed by atoms with van der Waals surface area (Å²) >= 11 is 6.25. The summed E-state index contributed by atoms with van der Waals surface area (Å²) in [4.78, 5) is 12.6. The lowest BCUT2D eigenvalue weighted by Gasteiger charge is -2.19. The molecular formula is C18H18ClNO3. The summed E-state index contributed by atoms with van der Waals surface area (Å²) in [7, 11) is 0. The lowest BCUT2D eigenvalue weighted by Crippen LogP contribution is -2.29. The Morgan fingerprint density at radius 2 is 1.74 bits per heavy atom. The molecule has 1 aliphatic carbocycles. The van der Waals surface area contributed by atoms with E-state index in [2.05, 4.69) is 0 Å². The molecule has 3 atom stereocenters. The molecule has 0 bridgehead atoms. The predicted octanol–water partition coefficient (Wildman–Crippen LogP) is 4.26. The molecule has 5 heteroatoms. The second kappa shape index (κ2) is 5.60. The molecule has 0 radical (unpaired) electrons. The molecule has 120 valence electrons. The summed E-state index contributed by atoms with van der Waals surface area (Å²) in [5.41, 5.74) is 0. The molecule has 4 rings (SSSR count). The number of benzene rings is 2. The summed E-state index contributed by atoms with van der Waals surface area (Å²) in [6, 6.07) is 11.8. The highest BCUT2D eigenvalue weighted by molar-refractivity contribution is 6.35. The largest absolute Gasteiger partial charge is 0.490 e. The summed E-state index contributed by atoms with van der Waals surface area (Å²) < 4.78 is 6.25. The smallest absolute Gasteiger partial charge is 0.407 e. The zero-order valence-corrected chi connectivity index (χ0v) is 13.4. The quantitative estimate of drug-likeness (QED) is 0.894. The molecule has 2 fully saturated rings. The number of amides is 1. The summed E-state index contributed by atoms with van der Waals surface area (Å²) in [6.45, 7) is 1.28. The van der Waals surface area contributed by atoms with Crippen molar-refractivity contribution in [3.8, 4) is 5.75 Å². The van der Waals surface area contributed by atoms with Gasteiger partial charge in [0.15, 0.2) is 0 Å². The molecule has 1 aliphatic heterocycles. The van der Waals surface area contributed by atoms with Gasteiger partial charge in [0.25, 0.3) is 0 Å². The molecule has 0 spiro atoms. The summed E-state index contributed by atoms with van der Waals surface area (Å²) in [5, 5.41) is 11.9. The minimum atomic E-state index is -0.805. The highest BCUT2D eigenvalue weighted by Gasteiger charge is 2.43. The second-order valence-corrected chi connectivity index (χ2v) is 6.92. The zero-order chi connectivity index (χ0) is 16.0. The van der Waals surface area contributed by atoms with E-state index in [1.54, 1.807) is 0 Å². The molecule has 1 saturated carbocycles. The van der Waals surface area contributed by atoms with E-state index < -0.39 is 6.09 Å². The third kappa shape index (κ3) is 2.61. The fourth-order valence-corrected chi connectivity index (χ4v) is 4.24. The number of rotatable bonds is 2. The third-order valence-corrected chi connectivity index (χ3v) is 5.43. The van der Waals surface area contributed by atoms with E-state index in [0.29, 0.717) is 24.9 Å². The molecule has 1 amide bonds. The van der Waals surface area contributed by atoms with E-state index >= 15 is 0 Å². The standard InChI is InChI=1S/C18H18ClNO3/c19-16-5-6-17(15-4-2-1-3-14(15)16)23-13-7-11-9-20(18(21)22)10-12(11)8-13/h1-6,11-13H,7-10H2,(H,21,22)/t11-,12+,13?. The number of hydrogen-bond donors (Lipinski definition) is 1. The highest BCUT2D eigenvalue weighted by Crippen LogP contribution is 2.41. The Kier molecular flexibility index (Phi) is 3.57. The number of ether oxygens (including phenoxy) is 1. The van der Waals surface area contributed by atoms with Crippen molar-refractivity contribution >= 4 is 28.5 Å². The van der Waals surface area contributed by atoms with E-state index in [9.17, 15) is 4.79 Å². The Balaban J connectivity index is 1.51. The number of halogens is 1. The number of hydrogen-bond acceptors (Lipinski definition) is 2. The molecule has 1 heterocycles. The van der Waals surface area contributed by atoms with Crippen molar-refractivity contribution in [2.45, 2.75) is 18.9 Å². The van der Waals surface area contributed by atoms with Crippen molar-refractivity contribution in [1.29, 1.82) is 0 Å². The van der Waals surface area contributed by atoms with Gasteiger partial charge in [-0.25, -0.2) is 4.79 Å². The van der Waals surface area contributed by atoms with Crippen molar-refractivity contribution < 1.29 is 14.6 Å². The second-order valence-electron chi connectivity index (χ2n) is 6.51. The van der Waals surface area contributed by atoms with Gasteiger partial charge < -0.3 is 14.7 Å². The van der Waals surface area contributed by atoms with E-state index in [0.717, 1.165) is 34.4 Å². The molecule has 0 aromatic heterocycles. The van der Waals surface area contributed by atoms with Crippen LogP contribution in [0.5, 0.6) is 5.75 Å². The van der Waals surface area contributed by atoms with Gasteiger partial charge in [0.1, 0.15) is 5.75 Å². The monoisotopic (exact) mass is 331 g/mol. The van der Waals surface area contributed by atoms with Crippen molar-refractivity contribution in [2.75, 3.05) is 13.1 Å². The topological polar surface area (TPSA) is 49.8 Å². The average molecular weight is 332 g/mol. The highest BCUT2D eigenvalue weighted by atomic mass is 35.5. The van der Waals surface area contributed by atoms with Gasteiger partial charge in [-0.15, -0.1) is 0 Å². The van der Waals surface area contributed by atoms with Crippen molar-refractivity contribution in [2.24, 2.45) is 11.8 Å². The third-order valence-electron chi connectivity index (χ3n) is 5.10. The first-order valence-corrected chi connectivity index (χ1v) is 8.31. The summed E-state index contributed by atoms with van der Waals surface area (Å²) in [6.07, 6.45) is 1.20. The first kappa shape index (κ1) is 14.6. The molecular weight excluding hydrogens is 314 g/mol. The van der Waals surface area contributed by atoms with Gasteiger partial charge in [-0.2, -0.15) is 0 Å². The summed E-state index contributed by atoms with van der Waals surface area (Å²) in [5.74, 6) is 1.72. The minimum absolute atomic E-state index is 0.158. The first-order chi connectivity index (χ1) is 11.1. The maximum Gasteiger partial charge on any atom is 0.407 e. The number of carbonyl (C=O) groups is 1. The van der Waals surface area contributed by atoms with Crippen molar-refractivity contribution in [3.63, 3.8) is 0 Å². The van der Waals surface area contributed by atoms with Crippen molar-refractivity contribution in [1.82, 2.24) is 4.90 Å². The fraction of sp³-hybridized carbons (Fsp3) is 0.389. The molecule has 2 aliphatic rings. The van der Waals surface area contributed by atoms with Gasteiger partial charge in [0, 0.05) is 28.9 Å². The van der Waals surface area contributed by atoms with Crippen LogP contribution < -0.4 is 4.74 Å². The maximum atomic E-state index is 11.1. The zero-order valence-electron chi connectivity index (χ0n) is 12.6. The van der Waals surface area contributed by atoms with Crippen LogP contribution in [-0.2, 0) is 0 Å².